The summed E-state index contributed by atoms with van der Waals surface area (Å²) in [6.07, 6.45) is 6.29. The van der Waals surface area contributed by atoms with Gasteiger partial charge in [-0.05, 0) is 0 Å². The smallest absolute Gasteiger partial charge is 0.324 e. The molecule has 0 bridgehead atoms. The van der Waals surface area contributed by atoms with E-state index in [1.165, 1.54) is 17.6 Å². The number of rotatable bonds is 3. The number of aromatic amines is 1. The molecule has 0 unspecified atom stereocenters. The van der Waals surface area contributed by atoms with Crippen LogP contribution in [0.25, 0.3) is 0 Å². The Morgan fingerprint density at radius 2 is 2.25 bits per heavy atom. The lowest BCUT2D eigenvalue weighted by Crippen LogP contribution is -2.46. The van der Waals surface area contributed by atoms with E-state index in [1.54, 1.807) is 28.7 Å². The molecular weight excluding hydrogens is 282 g/mol. The van der Waals surface area contributed by atoms with Crippen LogP contribution in [0.3, 0.4) is 0 Å². The van der Waals surface area contributed by atoms with Gasteiger partial charge in [-0.2, -0.15) is 26.0 Å². The molecule has 100 valence electrons. The molecule has 20 heavy (non-hydrogen) atoms. The molecule has 0 fully saturated rings. The van der Waals surface area contributed by atoms with Gasteiger partial charge in [0.15, 0.2) is 5.69 Å². The van der Waals surface area contributed by atoms with E-state index in [0.29, 0.717) is 22.7 Å². The van der Waals surface area contributed by atoms with Crippen LogP contribution in [0.15, 0.2) is 39.8 Å². The fourth-order valence-corrected chi connectivity index (χ4v) is 2.29. The topological polar surface area (TPSA) is 111 Å². The maximum atomic E-state index is 5.34. The van der Waals surface area contributed by atoms with Gasteiger partial charge in [0.1, 0.15) is 6.26 Å². The Kier molecular flexibility index (Phi) is 2.35. The third-order valence-corrected chi connectivity index (χ3v) is 3.24. The first kappa shape index (κ1) is 10.9. The van der Waals surface area contributed by atoms with Crippen LogP contribution in [0.5, 0.6) is 0 Å². The lowest BCUT2D eigenvalue weighted by Gasteiger charge is -2.23. The second kappa shape index (κ2) is 4.31. The zero-order valence-electron chi connectivity index (χ0n) is 9.83. The first-order valence-electron chi connectivity index (χ1n) is 5.52. The Hall–Kier alpha value is -2.95. The minimum Gasteiger partial charge on any atom is -0.431 e. The Balaban J connectivity index is 1.78. The van der Waals surface area contributed by atoms with E-state index in [9.17, 15) is 0 Å². The van der Waals surface area contributed by atoms with Gasteiger partial charge >= 0.3 is 6.01 Å². The Morgan fingerprint density at radius 1 is 1.25 bits per heavy atom. The summed E-state index contributed by atoms with van der Waals surface area (Å²) in [5, 5.41) is 20.3. The molecule has 1 aliphatic rings. The van der Waals surface area contributed by atoms with E-state index in [1.807, 2.05) is 5.38 Å². The Labute approximate surface area is 115 Å². The van der Waals surface area contributed by atoms with Crippen LogP contribution in [0.4, 0.5) is 11.1 Å². The number of amidine groups is 1. The van der Waals surface area contributed by atoms with Gasteiger partial charge in [0.05, 0.1) is 12.4 Å². The van der Waals surface area contributed by atoms with Crippen LogP contribution < -0.4 is 15.7 Å². The summed E-state index contributed by atoms with van der Waals surface area (Å²) in [5.41, 5.74) is 3.40. The molecule has 2 N–H and O–H groups in total. The fraction of sp³-hybridized carbons (Fsp3) is 0. The average molecular weight is 289 g/mol. The SMILES string of the molecule is c1coc(N2C(c3cn[nH]n3)=NNN2c2nccs2)n1. The van der Waals surface area contributed by atoms with Gasteiger partial charge in [-0.15, -0.1) is 21.6 Å². The Bertz CT molecular complexity index is 705. The van der Waals surface area contributed by atoms with Crippen LogP contribution in [-0.4, -0.2) is 31.2 Å². The van der Waals surface area contributed by atoms with Crippen molar-refractivity contribution in [3.63, 3.8) is 0 Å². The highest BCUT2D eigenvalue weighted by atomic mass is 32.1. The molecule has 0 saturated carbocycles. The number of hydrazine groups is 2. The number of nitrogens with zero attached hydrogens (tertiary/aromatic N) is 7. The van der Waals surface area contributed by atoms with Crippen molar-refractivity contribution in [1.82, 2.24) is 30.9 Å². The van der Waals surface area contributed by atoms with Crippen LogP contribution in [0, 0.1) is 0 Å². The second-order valence-corrected chi connectivity index (χ2v) is 4.52. The Morgan fingerprint density at radius 3 is 2.95 bits per heavy atom. The van der Waals surface area contributed by atoms with E-state index in [4.69, 9.17) is 4.42 Å². The van der Waals surface area contributed by atoms with Crippen molar-refractivity contribution in [2.24, 2.45) is 5.10 Å². The predicted octanol–water partition coefficient (Wildman–Crippen LogP) is 0.357. The van der Waals surface area contributed by atoms with Crippen molar-refractivity contribution in [2.45, 2.75) is 0 Å². The quantitative estimate of drug-likeness (QED) is 0.710. The summed E-state index contributed by atoms with van der Waals surface area (Å²) < 4.78 is 5.34. The molecule has 0 aromatic carbocycles. The predicted molar refractivity (Wildman–Crippen MR) is 69.6 cm³/mol. The van der Waals surface area contributed by atoms with Crippen molar-refractivity contribution in [3.8, 4) is 0 Å². The van der Waals surface area contributed by atoms with Crippen molar-refractivity contribution in [3.05, 3.63) is 35.9 Å². The molecule has 10 nitrogen and oxygen atoms in total. The van der Waals surface area contributed by atoms with Crippen molar-refractivity contribution < 1.29 is 4.42 Å². The highest BCUT2D eigenvalue weighted by Gasteiger charge is 2.34. The third kappa shape index (κ3) is 1.60. The molecule has 0 amide bonds. The number of thiazole rings is 1. The molecule has 0 aliphatic carbocycles. The lowest BCUT2D eigenvalue weighted by atomic mass is 10.4. The number of hydrazone groups is 1. The largest absolute Gasteiger partial charge is 0.431 e. The molecule has 3 aromatic heterocycles. The van der Waals surface area contributed by atoms with Gasteiger partial charge < -0.3 is 4.42 Å². The third-order valence-electron chi connectivity index (χ3n) is 2.50. The van der Waals surface area contributed by atoms with Crippen molar-refractivity contribution in [2.75, 3.05) is 10.1 Å². The number of H-pyrrole nitrogens is 1. The highest BCUT2D eigenvalue weighted by molar-refractivity contribution is 7.13. The summed E-state index contributed by atoms with van der Waals surface area (Å²) >= 11 is 1.44. The molecule has 0 radical (unpaired) electrons. The molecule has 0 spiro atoms. The maximum absolute atomic E-state index is 5.34. The number of nitrogens with one attached hydrogen (secondary N) is 2. The van der Waals surface area contributed by atoms with Gasteiger partial charge in [0, 0.05) is 11.6 Å². The zero-order valence-corrected chi connectivity index (χ0v) is 10.7. The van der Waals surface area contributed by atoms with Crippen LogP contribution >= 0.6 is 11.3 Å². The van der Waals surface area contributed by atoms with E-state index < -0.39 is 0 Å². The summed E-state index contributed by atoms with van der Waals surface area (Å²) in [6.45, 7) is 0. The fourth-order valence-electron chi connectivity index (χ4n) is 1.70. The maximum Gasteiger partial charge on any atom is 0.324 e. The molecule has 0 atom stereocenters. The summed E-state index contributed by atoms with van der Waals surface area (Å²) in [5.74, 6) is 0.497. The number of oxazole rings is 1. The number of hydrogen-bond donors (Lipinski definition) is 2. The van der Waals surface area contributed by atoms with Crippen LogP contribution in [0.2, 0.25) is 0 Å². The number of hydrogen-bond acceptors (Lipinski definition) is 10. The van der Waals surface area contributed by atoms with Crippen molar-refractivity contribution in [1.29, 1.82) is 0 Å². The molecule has 3 aromatic rings. The van der Waals surface area contributed by atoms with Gasteiger partial charge in [-0.1, -0.05) is 0 Å². The van der Waals surface area contributed by atoms with E-state index in [2.05, 4.69) is 36.0 Å². The monoisotopic (exact) mass is 289 g/mol. The summed E-state index contributed by atoms with van der Waals surface area (Å²) in [4.78, 5) is 8.36. The van der Waals surface area contributed by atoms with Gasteiger partial charge in [0.2, 0.25) is 11.0 Å². The normalized spacial score (nSPS) is 14.5. The second-order valence-electron chi connectivity index (χ2n) is 3.64. The van der Waals surface area contributed by atoms with Crippen molar-refractivity contribution >= 4 is 28.3 Å². The molecule has 4 heterocycles. The van der Waals surface area contributed by atoms with Gasteiger partial charge in [-0.3, -0.25) is 0 Å². The molecule has 1 aliphatic heterocycles. The highest BCUT2D eigenvalue weighted by Crippen LogP contribution is 2.26. The summed E-state index contributed by atoms with van der Waals surface area (Å²) in [7, 11) is 0. The minimum absolute atomic E-state index is 0.340. The molecular formula is C9H7N9OS. The first-order valence-corrected chi connectivity index (χ1v) is 6.40. The van der Waals surface area contributed by atoms with Crippen LogP contribution in [0.1, 0.15) is 5.69 Å². The van der Waals surface area contributed by atoms with E-state index in [-0.39, 0.29) is 0 Å². The van der Waals surface area contributed by atoms with Crippen LogP contribution in [-0.2, 0) is 0 Å². The first-order chi connectivity index (χ1) is 9.93. The molecule has 0 saturated heterocycles. The van der Waals surface area contributed by atoms with Gasteiger partial charge in [-0.25, -0.2) is 9.97 Å². The standard InChI is InChI=1S/C9H7N9OS/c1-3-19-8(10-1)17-7(6-5-12-15-13-6)14-16-18(17)9-11-2-4-20-9/h1-5,16H,(H,12,13,15). The van der Waals surface area contributed by atoms with E-state index >= 15 is 0 Å². The molecule has 11 heteroatoms. The minimum atomic E-state index is 0.340. The zero-order chi connectivity index (χ0) is 13.4. The number of aromatic nitrogens is 5. The summed E-state index contributed by atoms with van der Waals surface area (Å²) in [6, 6.07) is 0.340. The van der Waals surface area contributed by atoms with E-state index in [0.717, 1.165) is 0 Å². The molecule has 4 rings (SSSR count). The average Bonchev–Trinajstić information content (AvgIpc) is 3.23. The number of anilines is 2. The van der Waals surface area contributed by atoms with Gasteiger partial charge in [0.25, 0.3) is 0 Å². The lowest BCUT2D eigenvalue weighted by molar-refractivity contribution is 0.545.